The Labute approximate surface area is 284 Å². The van der Waals surface area contributed by atoms with Crippen molar-refractivity contribution in [1.82, 2.24) is 14.4 Å². The van der Waals surface area contributed by atoms with E-state index >= 15 is 0 Å². The van der Waals surface area contributed by atoms with Gasteiger partial charge in [0.15, 0.2) is 0 Å². The Hall–Kier alpha value is -5.58. The van der Waals surface area contributed by atoms with Crippen LogP contribution in [0.25, 0.3) is 71.1 Å². The minimum atomic E-state index is -0.107. The summed E-state index contributed by atoms with van der Waals surface area (Å²) in [5.74, 6) is 0. The van der Waals surface area contributed by atoms with Crippen molar-refractivity contribution in [2.45, 2.75) is 26.2 Å². The third-order valence-corrected chi connectivity index (χ3v) is 11.0. The average molecular weight is 636 g/mol. The third-order valence-electron chi connectivity index (χ3n) is 9.86. The minimum Gasteiger partial charge on any atom is -0.290 e. The standard InChI is InChI=1S/C44H33N3S/c1-4-7-31(33-15-18-36-35-17-14-32(30-20-22-45-23-21-30)25-38(35)44(2,3)39(36)26-33)24-28-10-12-29(13-11-28)34-16-19-41-46-42-37-8-5-6-9-40(37)48-43(42)47(41)27-34/h4-27H,1-3H3/b7-4-,31-24+. The van der Waals surface area contributed by atoms with Gasteiger partial charge in [0.2, 0.25) is 0 Å². The molecule has 1 aliphatic rings. The maximum Gasteiger partial charge on any atom is 0.138 e. The maximum absolute atomic E-state index is 4.95. The Balaban J connectivity index is 1.04. The second-order valence-electron chi connectivity index (χ2n) is 13.1. The van der Waals surface area contributed by atoms with Crippen molar-refractivity contribution in [1.29, 1.82) is 0 Å². The van der Waals surface area contributed by atoms with Gasteiger partial charge in [-0.3, -0.25) is 9.38 Å². The lowest BCUT2D eigenvalue weighted by atomic mass is 9.80. The molecule has 0 amide bonds. The van der Waals surface area contributed by atoms with Crippen LogP contribution in [0.1, 0.15) is 43.0 Å². The molecule has 0 bridgehead atoms. The van der Waals surface area contributed by atoms with E-state index in [4.69, 9.17) is 4.98 Å². The summed E-state index contributed by atoms with van der Waals surface area (Å²) >= 11 is 1.80. The maximum atomic E-state index is 4.95. The van der Waals surface area contributed by atoms with Crippen LogP contribution < -0.4 is 0 Å². The summed E-state index contributed by atoms with van der Waals surface area (Å²) in [6.07, 6.45) is 12.6. The van der Waals surface area contributed by atoms with Crippen LogP contribution in [0.15, 0.2) is 140 Å². The topological polar surface area (TPSA) is 30.2 Å². The smallest absolute Gasteiger partial charge is 0.138 e. The number of fused-ring (bicyclic) bond motifs is 8. The lowest BCUT2D eigenvalue weighted by Crippen LogP contribution is -2.15. The van der Waals surface area contributed by atoms with E-state index < -0.39 is 0 Å². The predicted octanol–water partition coefficient (Wildman–Crippen LogP) is 11.9. The molecule has 48 heavy (non-hydrogen) atoms. The first-order chi connectivity index (χ1) is 23.5. The number of benzene rings is 4. The number of thiophene rings is 1. The molecule has 0 aliphatic heterocycles. The Morgan fingerprint density at radius 3 is 2.25 bits per heavy atom. The van der Waals surface area contributed by atoms with Crippen LogP contribution in [-0.4, -0.2) is 14.4 Å². The number of aromatic nitrogens is 3. The molecular formula is C44H33N3S. The Kier molecular flexibility index (Phi) is 6.56. The van der Waals surface area contributed by atoms with Crippen molar-refractivity contribution >= 4 is 49.1 Å². The molecule has 0 fully saturated rings. The Morgan fingerprint density at radius 1 is 0.729 bits per heavy atom. The predicted molar refractivity (Wildman–Crippen MR) is 203 cm³/mol. The number of hydrogen-bond acceptors (Lipinski definition) is 3. The fourth-order valence-corrected chi connectivity index (χ4v) is 8.45. The van der Waals surface area contributed by atoms with Gasteiger partial charge in [-0.1, -0.05) is 92.7 Å². The number of nitrogens with zero attached hydrogens (tertiary/aromatic N) is 3. The second-order valence-corrected chi connectivity index (χ2v) is 14.1. The minimum absolute atomic E-state index is 0.107. The van der Waals surface area contributed by atoms with Crippen LogP contribution >= 0.6 is 11.3 Å². The van der Waals surface area contributed by atoms with E-state index in [1.54, 1.807) is 11.3 Å². The highest BCUT2D eigenvalue weighted by Gasteiger charge is 2.35. The molecule has 4 aromatic carbocycles. The monoisotopic (exact) mass is 635 g/mol. The van der Waals surface area contributed by atoms with E-state index in [-0.39, 0.29) is 5.41 Å². The van der Waals surface area contributed by atoms with E-state index in [0.717, 1.165) is 11.2 Å². The number of pyridine rings is 2. The van der Waals surface area contributed by atoms with Gasteiger partial charge in [0.25, 0.3) is 0 Å². The molecule has 230 valence electrons. The summed E-state index contributed by atoms with van der Waals surface area (Å²) in [6.45, 7) is 6.79. The third kappa shape index (κ3) is 4.56. The average Bonchev–Trinajstić information content (AvgIpc) is 3.74. The van der Waals surface area contributed by atoms with Crippen molar-refractivity contribution in [3.05, 3.63) is 162 Å². The van der Waals surface area contributed by atoms with Crippen molar-refractivity contribution in [2.24, 2.45) is 0 Å². The number of allylic oxidation sites excluding steroid dienone is 3. The van der Waals surface area contributed by atoms with Gasteiger partial charge in [-0.2, -0.15) is 0 Å². The fraction of sp³-hybridized carbons (Fsp3) is 0.0909. The molecule has 0 N–H and O–H groups in total. The van der Waals surface area contributed by atoms with E-state index in [9.17, 15) is 0 Å². The first-order valence-corrected chi connectivity index (χ1v) is 17.2. The first-order valence-electron chi connectivity index (χ1n) is 16.4. The summed E-state index contributed by atoms with van der Waals surface area (Å²) in [5.41, 5.74) is 15.7. The van der Waals surface area contributed by atoms with Crippen LogP contribution in [0, 0.1) is 0 Å². The molecule has 3 nitrogen and oxygen atoms in total. The second kappa shape index (κ2) is 11.0. The van der Waals surface area contributed by atoms with Crippen LogP contribution in [0.2, 0.25) is 0 Å². The van der Waals surface area contributed by atoms with E-state index in [0.29, 0.717) is 0 Å². The summed E-state index contributed by atoms with van der Waals surface area (Å²) < 4.78 is 3.51. The molecular weight excluding hydrogens is 603 g/mol. The lowest BCUT2D eigenvalue weighted by molar-refractivity contribution is 0.660. The molecule has 0 atom stereocenters. The molecule has 8 aromatic rings. The fourth-order valence-electron chi connectivity index (χ4n) is 7.32. The lowest BCUT2D eigenvalue weighted by Gasteiger charge is -2.22. The van der Waals surface area contributed by atoms with Crippen molar-refractivity contribution in [3.8, 4) is 33.4 Å². The zero-order valence-electron chi connectivity index (χ0n) is 27.1. The van der Waals surface area contributed by atoms with E-state index in [1.807, 2.05) is 12.4 Å². The van der Waals surface area contributed by atoms with Crippen LogP contribution in [0.5, 0.6) is 0 Å². The van der Waals surface area contributed by atoms with Gasteiger partial charge in [0.1, 0.15) is 16.0 Å². The molecule has 0 unspecified atom stereocenters. The highest BCUT2D eigenvalue weighted by atomic mass is 32.1. The molecule has 4 heterocycles. The molecule has 4 aromatic heterocycles. The highest BCUT2D eigenvalue weighted by Crippen LogP contribution is 2.50. The van der Waals surface area contributed by atoms with Crippen molar-refractivity contribution in [3.63, 3.8) is 0 Å². The highest BCUT2D eigenvalue weighted by molar-refractivity contribution is 7.25. The summed E-state index contributed by atoms with van der Waals surface area (Å²) in [4.78, 5) is 10.3. The molecule has 0 saturated heterocycles. The van der Waals surface area contributed by atoms with Gasteiger partial charge in [-0.15, -0.1) is 11.3 Å². The van der Waals surface area contributed by atoms with Gasteiger partial charge in [-0.05, 0) is 117 Å². The molecule has 4 heteroatoms. The van der Waals surface area contributed by atoms with Crippen molar-refractivity contribution in [2.75, 3.05) is 0 Å². The van der Waals surface area contributed by atoms with Gasteiger partial charge in [0, 0.05) is 34.1 Å². The summed E-state index contributed by atoms with van der Waals surface area (Å²) in [6, 6.07) is 39.8. The van der Waals surface area contributed by atoms with Crippen LogP contribution in [0.4, 0.5) is 0 Å². The Bertz CT molecular complexity index is 2580. The quantitative estimate of drug-likeness (QED) is 0.139. The van der Waals surface area contributed by atoms with Gasteiger partial charge in [-0.25, -0.2) is 4.98 Å². The number of hydrogen-bond donors (Lipinski definition) is 0. The van der Waals surface area contributed by atoms with Crippen molar-refractivity contribution < 1.29 is 0 Å². The SMILES string of the molecule is C/C=C\C(=C/c1ccc(-c2ccc3nc4c5ccccc5sc4n3c2)cc1)c1ccc2c(c1)C(C)(C)c1cc(-c3ccncc3)ccc1-2. The van der Waals surface area contributed by atoms with E-state index in [1.165, 1.54) is 76.1 Å². The largest absolute Gasteiger partial charge is 0.290 e. The molecule has 0 radical (unpaired) electrons. The van der Waals surface area contributed by atoms with Gasteiger partial charge >= 0.3 is 0 Å². The van der Waals surface area contributed by atoms with Crippen LogP contribution in [-0.2, 0) is 5.41 Å². The summed E-state index contributed by atoms with van der Waals surface area (Å²) in [7, 11) is 0. The normalized spacial score (nSPS) is 13.9. The molecule has 9 rings (SSSR count). The van der Waals surface area contributed by atoms with E-state index in [2.05, 4.69) is 164 Å². The number of imidazole rings is 1. The molecule has 0 saturated carbocycles. The molecule has 0 spiro atoms. The van der Waals surface area contributed by atoms with Crippen LogP contribution in [0.3, 0.4) is 0 Å². The zero-order valence-corrected chi connectivity index (χ0v) is 27.9. The number of rotatable bonds is 5. The van der Waals surface area contributed by atoms with Gasteiger partial charge < -0.3 is 0 Å². The van der Waals surface area contributed by atoms with Gasteiger partial charge in [0.05, 0.1) is 0 Å². The molecule has 1 aliphatic carbocycles. The summed E-state index contributed by atoms with van der Waals surface area (Å²) in [5, 5.41) is 1.22. The first kappa shape index (κ1) is 28.6. The Morgan fingerprint density at radius 2 is 1.44 bits per heavy atom. The zero-order chi connectivity index (χ0) is 32.4.